The van der Waals surface area contributed by atoms with Crippen LogP contribution in [0.4, 0.5) is 0 Å². The lowest BCUT2D eigenvalue weighted by molar-refractivity contribution is -0.141. The normalized spacial score (nSPS) is 29.1. The highest BCUT2D eigenvalue weighted by Gasteiger charge is 2.56. The predicted octanol–water partition coefficient (Wildman–Crippen LogP) is 1.27. The summed E-state index contributed by atoms with van der Waals surface area (Å²) in [6.45, 7) is 1.79. The van der Waals surface area contributed by atoms with Gasteiger partial charge in [-0.15, -0.1) is 0 Å². The summed E-state index contributed by atoms with van der Waals surface area (Å²) in [6, 6.07) is 12.8. The maximum atomic E-state index is 12.0. The molecule has 1 aliphatic heterocycles. The van der Waals surface area contributed by atoms with E-state index in [1.54, 1.807) is 37.3 Å². The molecule has 0 spiro atoms. The van der Waals surface area contributed by atoms with Crippen LogP contribution in [0.2, 0.25) is 0 Å². The van der Waals surface area contributed by atoms with Gasteiger partial charge in [0.15, 0.2) is 0 Å². The minimum atomic E-state index is -1.09. The van der Waals surface area contributed by atoms with Crippen LogP contribution < -0.4 is 5.32 Å². The Morgan fingerprint density at radius 2 is 1.60 bits per heavy atom. The molecule has 5 nitrogen and oxygen atoms in total. The maximum Gasteiger partial charge on any atom is 0.244 e. The van der Waals surface area contributed by atoms with Crippen molar-refractivity contribution in [2.45, 2.75) is 18.8 Å². The maximum absolute atomic E-state index is 12.0. The first-order valence-electron chi connectivity index (χ1n) is 6.31. The summed E-state index contributed by atoms with van der Waals surface area (Å²) in [5, 5.41) is 20.8. The number of rotatable bonds is 2. The standard InChI is InChI=1S/C15H13N3O2/c1-2-15(10-6-4-3-5-7-10)11(8-16)13(19)18-14(20)12(15)9-17/h3-7,11-12H,2H2,1H3,(H,18,19,20). The molecule has 1 aromatic rings. The number of nitrogens with zero attached hydrogens (tertiary/aromatic N) is 2. The number of piperidine rings is 1. The molecule has 1 aromatic carbocycles. The molecule has 0 aliphatic carbocycles. The van der Waals surface area contributed by atoms with Crippen LogP contribution in [0.1, 0.15) is 18.9 Å². The van der Waals surface area contributed by atoms with Crippen LogP contribution in [0.3, 0.4) is 0 Å². The number of benzene rings is 1. The minimum absolute atomic E-state index is 0.354. The highest BCUT2D eigenvalue weighted by Crippen LogP contribution is 2.44. The Balaban J connectivity index is 2.72. The Labute approximate surface area is 116 Å². The Morgan fingerprint density at radius 3 is 2.00 bits per heavy atom. The molecular formula is C15H13N3O2. The number of hydrogen-bond donors (Lipinski definition) is 1. The molecular weight excluding hydrogens is 254 g/mol. The van der Waals surface area contributed by atoms with Crippen LogP contribution in [0, 0.1) is 34.5 Å². The number of amides is 2. The Bertz CT molecular complexity index is 593. The molecule has 0 bridgehead atoms. The van der Waals surface area contributed by atoms with E-state index in [0.717, 1.165) is 0 Å². The van der Waals surface area contributed by atoms with Gasteiger partial charge in [-0.05, 0) is 12.0 Å². The third-order valence-electron chi connectivity index (χ3n) is 3.96. The van der Waals surface area contributed by atoms with Crippen molar-refractivity contribution >= 4 is 11.8 Å². The zero-order valence-corrected chi connectivity index (χ0v) is 11.0. The van der Waals surface area contributed by atoms with Gasteiger partial charge in [0.25, 0.3) is 0 Å². The quantitative estimate of drug-likeness (QED) is 0.816. The van der Waals surface area contributed by atoms with Crippen LogP contribution >= 0.6 is 0 Å². The van der Waals surface area contributed by atoms with Crippen LogP contribution in [-0.4, -0.2) is 11.8 Å². The number of carbonyl (C=O) groups is 2. The molecule has 2 amide bonds. The third kappa shape index (κ3) is 1.76. The summed E-state index contributed by atoms with van der Waals surface area (Å²) in [4.78, 5) is 24.0. The highest BCUT2D eigenvalue weighted by molar-refractivity contribution is 6.04. The van der Waals surface area contributed by atoms with Gasteiger partial charge in [-0.1, -0.05) is 37.3 Å². The molecule has 0 aromatic heterocycles. The molecule has 20 heavy (non-hydrogen) atoms. The second kappa shape index (κ2) is 5.14. The van der Waals surface area contributed by atoms with Gasteiger partial charge in [0.1, 0.15) is 11.8 Å². The molecule has 1 heterocycles. The largest absolute Gasteiger partial charge is 0.294 e. The lowest BCUT2D eigenvalue weighted by Crippen LogP contribution is -2.59. The average molecular weight is 267 g/mol. The topological polar surface area (TPSA) is 93.8 Å². The fraction of sp³-hybridized carbons (Fsp3) is 0.333. The Hall–Kier alpha value is -2.66. The Morgan fingerprint density at radius 1 is 1.10 bits per heavy atom. The monoisotopic (exact) mass is 267 g/mol. The van der Waals surface area contributed by atoms with E-state index in [0.29, 0.717) is 12.0 Å². The molecule has 1 N–H and O–H groups in total. The van der Waals surface area contributed by atoms with E-state index in [1.165, 1.54) is 0 Å². The molecule has 1 fully saturated rings. The Kier molecular flexibility index (Phi) is 3.54. The first-order chi connectivity index (χ1) is 9.61. The molecule has 0 saturated carbocycles. The average Bonchev–Trinajstić information content (AvgIpc) is 2.47. The molecule has 0 radical (unpaired) electrons. The van der Waals surface area contributed by atoms with Crippen molar-refractivity contribution in [1.29, 1.82) is 10.5 Å². The zero-order chi connectivity index (χ0) is 14.8. The van der Waals surface area contributed by atoms with Gasteiger partial charge < -0.3 is 0 Å². The smallest absolute Gasteiger partial charge is 0.244 e. The summed E-state index contributed by atoms with van der Waals surface area (Å²) < 4.78 is 0. The molecule has 1 saturated heterocycles. The van der Waals surface area contributed by atoms with Gasteiger partial charge >= 0.3 is 0 Å². The van der Waals surface area contributed by atoms with Crippen LogP contribution in [0.15, 0.2) is 30.3 Å². The lowest BCUT2D eigenvalue weighted by atomic mass is 9.59. The van der Waals surface area contributed by atoms with E-state index in [9.17, 15) is 20.1 Å². The molecule has 5 heteroatoms. The molecule has 2 atom stereocenters. The predicted molar refractivity (Wildman–Crippen MR) is 69.8 cm³/mol. The summed E-state index contributed by atoms with van der Waals surface area (Å²) in [7, 11) is 0. The van der Waals surface area contributed by atoms with Gasteiger partial charge in [-0.2, -0.15) is 10.5 Å². The molecule has 2 unspecified atom stereocenters. The van der Waals surface area contributed by atoms with Crippen molar-refractivity contribution in [3.8, 4) is 12.1 Å². The van der Waals surface area contributed by atoms with Crippen molar-refractivity contribution in [2.75, 3.05) is 0 Å². The highest BCUT2D eigenvalue weighted by atomic mass is 16.2. The lowest BCUT2D eigenvalue weighted by Gasteiger charge is -2.42. The summed E-state index contributed by atoms with van der Waals surface area (Å²) in [6.07, 6.45) is 0.354. The van der Waals surface area contributed by atoms with Gasteiger partial charge in [0, 0.05) is 5.41 Å². The fourth-order valence-electron chi connectivity index (χ4n) is 2.94. The van der Waals surface area contributed by atoms with Gasteiger partial charge in [0.2, 0.25) is 11.8 Å². The van der Waals surface area contributed by atoms with E-state index in [2.05, 4.69) is 5.32 Å². The van der Waals surface area contributed by atoms with E-state index in [1.807, 2.05) is 12.1 Å². The van der Waals surface area contributed by atoms with Gasteiger partial charge in [0.05, 0.1) is 12.1 Å². The summed E-state index contributed by atoms with van der Waals surface area (Å²) >= 11 is 0. The van der Waals surface area contributed by atoms with Crippen molar-refractivity contribution in [2.24, 2.45) is 11.8 Å². The van der Waals surface area contributed by atoms with Crippen molar-refractivity contribution < 1.29 is 9.59 Å². The molecule has 1 aliphatic rings. The molecule has 2 rings (SSSR count). The first kappa shape index (κ1) is 13.8. The van der Waals surface area contributed by atoms with E-state index in [4.69, 9.17) is 0 Å². The van der Waals surface area contributed by atoms with E-state index < -0.39 is 29.1 Å². The summed E-state index contributed by atoms with van der Waals surface area (Å²) in [5.74, 6) is -3.38. The van der Waals surface area contributed by atoms with Crippen LogP contribution in [-0.2, 0) is 15.0 Å². The SMILES string of the molecule is CCC1(c2ccccc2)C(C#N)C(=O)NC(=O)C1C#N. The number of nitriles is 2. The second-order valence-corrected chi connectivity index (χ2v) is 4.74. The van der Waals surface area contributed by atoms with Crippen LogP contribution in [0.25, 0.3) is 0 Å². The van der Waals surface area contributed by atoms with Crippen LogP contribution in [0.5, 0.6) is 0 Å². The summed E-state index contributed by atoms with van der Waals surface area (Å²) in [5.41, 5.74) is -0.423. The van der Waals surface area contributed by atoms with E-state index >= 15 is 0 Å². The molecule has 100 valence electrons. The number of nitrogens with one attached hydrogen (secondary N) is 1. The first-order valence-corrected chi connectivity index (χ1v) is 6.31. The number of carbonyl (C=O) groups excluding carboxylic acids is 2. The van der Waals surface area contributed by atoms with Crippen molar-refractivity contribution in [1.82, 2.24) is 5.32 Å². The van der Waals surface area contributed by atoms with Crippen molar-refractivity contribution in [3.05, 3.63) is 35.9 Å². The third-order valence-corrected chi connectivity index (χ3v) is 3.96. The van der Waals surface area contributed by atoms with Crippen molar-refractivity contribution in [3.63, 3.8) is 0 Å². The zero-order valence-electron chi connectivity index (χ0n) is 11.0. The number of imide groups is 1. The van der Waals surface area contributed by atoms with E-state index in [-0.39, 0.29) is 0 Å². The van der Waals surface area contributed by atoms with Gasteiger partial charge in [-0.25, -0.2) is 0 Å². The van der Waals surface area contributed by atoms with Gasteiger partial charge in [-0.3, -0.25) is 14.9 Å². The minimum Gasteiger partial charge on any atom is -0.294 e. The second-order valence-electron chi connectivity index (χ2n) is 4.74. The number of hydrogen-bond acceptors (Lipinski definition) is 4. The fourth-order valence-corrected chi connectivity index (χ4v) is 2.94.